The number of anilines is 2. The van der Waals surface area contributed by atoms with Crippen LogP contribution in [0.1, 0.15) is 18.4 Å². The Morgan fingerprint density at radius 2 is 2.22 bits per heavy atom. The third kappa shape index (κ3) is 3.47. The molecule has 0 bridgehead atoms. The first kappa shape index (κ1) is 12.9. The summed E-state index contributed by atoms with van der Waals surface area (Å²) in [7, 11) is 1.99. The van der Waals surface area contributed by atoms with Crippen LogP contribution < -0.4 is 11.1 Å². The fourth-order valence-corrected chi connectivity index (χ4v) is 2.09. The molecule has 4 heteroatoms. The number of likely N-dealkylation sites (N-methyl/N-ethyl adjacent to an activating group) is 1. The van der Waals surface area contributed by atoms with Crippen LogP contribution in [0.25, 0.3) is 0 Å². The van der Waals surface area contributed by atoms with Gasteiger partial charge in [0.05, 0.1) is 17.9 Å². The molecule has 0 spiro atoms. The van der Waals surface area contributed by atoms with Crippen molar-refractivity contribution in [3.05, 3.63) is 23.8 Å². The Morgan fingerprint density at radius 1 is 1.50 bits per heavy atom. The zero-order valence-electron chi connectivity index (χ0n) is 11.1. The number of amides is 1. The van der Waals surface area contributed by atoms with Gasteiger partial charge in [-0.2, -0.15) is 0 Å². The van der Waals surface area contributed by atoms with Crippen molar-refractivity contribution < 1.29 is 4.79 Å². The summed E-state index contributed by atoms with van der Waals surface area (Å²) in [5.74, 6) is 0.797. The second-order valence-electron chi connectivity index (χ2n) is 5.23. The van der Waals surface area contributed by atoms with E-state index in [-0.39, 0.29) is 5.91 Å². The van der Waals surface area contributed by atoms with Gasteiger partial charge < -0.3 is 11.1 Å². The number of carbonyl (C=O) groups excluding carboxylic acids is 1. The molecule has 0 aliphatic heterocycles. The quantitative estimate of drug-likeness (QED) is 0.781. The molecule has 1 aromatic carbocycles. The molecule has 0 atom stereocenters. The number of nitrogens with one attached hydrogen (secondary N) is 1. The first-order valence-electron chi connectivity index (χ1n) is 6.39. The number of para-hydroxylation sites is 1. The molecule has 4 nitrogen and oxygen atoms in total. The number of hydrogen-bond donors (Lipinski definition) is 2. The van der Waals surface area contributed by atoms with Crippen molar-refractivity contribution in [1.82, 2.24) is 4.90 Å². The summed E-state index contributed by atoms with van der Waals surface area (Å²) in [6.45, 7) is 3.38. The standard InChI is InChI=1S/C14H21N3O/c1-10-4-3-5-12(15)14(10)16-13(18)9-17(2)8-11-6-7-11/h3-5,11H,6-9,15H2,1-2H3,(H,16,18). The maximum absolute atomic E-state index is 11.9. The number of nitrogen functional groups attached to an aromatic ring is 1. The van der Waals surface area contributed by atoms with Gasteiger partial charge >= 0.3 is 0 Å². The van der Waals surface area contributed by atoms with E-state index < -0.39 is 0 Å². The second kappa shape index (κ2) is 5.40. The zero-order chi connectivity index (χ0) is 13.1. The minimum absolute atomic E-state index is 0.000787. The van der Waals surface area contributed by atoms with Crippen LogP contribution in [0.2, 0.25) is 0 Å². The molecule has 1 saturated carbocycles. The van der Waals surface area contributed by atoms with E-state index in [2.05, 4.69) is 10.2 Å². The average molecular weight is 247 g/mol. The number of nitrogens with two attached hydrogens (primary N) is 1. The van der Waals surface area contributed by atoms with Gasteiger partial charge in [0.25, 0.3) is 0 Å². The first-order chi connectivity index (χ1) is 8.56. The van der Waals surface area contributed by atoms with Crippen LogP contribution in [0.5, 0.6) is 0 Å². The minimum Gasteiger partial charge on any atom is -0.397 e. The SMILES string of the molecule is Cc1cccc(N)c1NC(=O)CN(C)CC1CC1. The summed E-state index contributed by atoms with van der Waals surface area (Å²) in [6, 6.07) is 5.63. The van der Waals surface area contributed by atoms with E-state index in [0.29, 0.717) is 12.2 Å². The van der Waals surface area contributed by atoms with Crippen LogP contribution in [-0.2, 0) is 4.79 Å². The predicted molar refractivity (Wildman–Crippen MR) is 74.4 cm³/mol. The Hall–Kier alpha value is -1.55. The Labute approximate surface area is 108 Å². The molecule has 1 aromatic rings. The van der Waals surface area contributed by atoms with Crippen molar-refractivity contribution in [3.63, 3.8) is 0 Å². The van der Waals surface area contributed by atoms with Gasteiger partial charge in [0.2, 0.25) is 5.91 Å². The molecule has 0 unspecified atom stereocenters. The maximum Gasteiger partial charge on any atom is 0.238 e. The van der Waals surface area contributed by atoms with Crippen molar-refractivity contribution in [2.75, 3.05) is 31.2 Å². The highest BCUT2D eigenvalue weighted by Gasteiger charge is 2.23. The second-order valence-corrected chi connectivity index (χ2v) is 5.23. The van der Waals surface area contributed by atoms with Crippen molar-refractivity contribution in [3.8, 4) is 0 Å². The molecule has 1 amide bonds. The molecule has 18 heavy (non-hydrogen) atoms. The molecule has 1 aliphatic carbocycles. The number of nitrogens with zero attached hydrogens (tertiary/aromatic N) is 1. The van der Waals surface area contributed by atoms with Crippen LogP contribution in [0.4, 0.5) is 11.4 Å². The first-order valence-corrected chi connectivity index (χ1v) is 6.39. The van der Waals surface area contributed by atoms with Gasteiger partial charge in [0.1, 0.15) is 0 Å². The Morgan fingerprint density at radius 3 is 2.83 bits per heavy atom. The van der Waals surface area contributed by atoms with E-state index in [1.165, 1.54) is 12.8 Å². The van der Waals surface area contributed by atoms with Gasteiger partial charge in [0.15, 0.2) is 0 Å². The molecule has 1 aliphatic rings. The van der Waals surface area contributed by atoms with Crippen LogP contribution in [-0.4, -0.2) is 30.9 Å². The van der Waals surface area contributed by atoms with Crippen molar-refractivity contribution in [1.29, 1.82) is 0 Å². The smallest absolute Gasteiger partial charge is 0.238 e. The number of aryl methyl sites for hydroxylation is 1. The van der Waals surface area contributed by atoms with Crippen LogP contribution in [0.15, 0.2) is 18.2 Å². The largest absolute Gasteiger partial charge is 0.397 e. The van der Waals surface area contributed by atoms with Gasteiger partial charge in [-0.15, -0.1) is 0 Å². The highest BCUT2D eigenvalue weighted by Crippen LogP contribution is 2.29. The van der Waals surface area contributed by atoms with E-state index >= 15 is 0 Å². The molecule has 0 saturated heterocycles. The lowest BCUT2D eigenvalue weighted by Crippen LogP contribution is -2.31. The third-order valence-electron chi connectivity index (χ3n) is 3.25. The van der Waals surface area contributed by atoms with E-state index in [1.807, 2.05) is 26.1 Å². The van der Waals surface area contributed by atoms with Gasteiger partial charge in [-0.1, -0.05) is 12.1 Å². The summed E-state index contributed by atoms with van der Waals surface area (Å²) in [5.41, 5.74) is 8.21. The molecular weight excluding hydrogens is 226 g/mol. The number of benzene rings is 1. The van der Waals surface area contributed by atoms with E-state index in [1.54, 1.807) is 6.07 Å². The summed E-state index contributed by atoms with van der Waals surface area (Å²) >= 11 is 0. The molecule has 0 heterocycles. The molecule has 2 rings (SSSR count). The van der Waals surface area contributed by atoms with Crippen molar-refractivity contribution >= 4 is 17.3 Å². The normalized spacial score (nSPS) is 14.8. The Kier molecular flexibility index (Phi) is 3.87. The lowest BCUT2D eigenvalue weighted by molar-refractivity contribution is -0.117. The molecule has 98 valence electrons. The minimum atomic E-state index is -0.000787. The van der Waals surface area contributed by atoms with Crippen LogP contribution >= 0.6 is 0 Å². The number of hydrogen-bond acceptors (Lipinski definition) is 3. The summed E-state index contributed by atoms with van der Waals surface area (Å²) in [4.78, 5) is 14.0. The topological polar surface area (TPSA) is 58.4 Å². The highest BCUT2D eigenvalue weighted by molar-refractivity contribution is 5.96. The third-order valence-corrected chi connectivity index (χ3v) is 3.25. The van der Waals surface area contributed by atoms with Crippen molar-refractivity contribution in [2.45, 2.75) is 19.8 Å². The molecule has 0 aromatic heterocycles. The van der Waals surface area contributed by atoms with Gasteiger partial charge in [-0.3, -0.25) is 9.69 Å². The van der Waals surface area contributed by atoms with Crippen LogP contribution in [0.3, 0.4) is 0 Å². The maximum atomic E-state index is 11.9. The zero-order valence-corrected chi connectivity index (χ0v) is 11.1. The lowest BCUT2D eigenvalue weighted by atomic mass is 10.1. The molecule has 3 N–H and O–H groups in total. The van der Waals surface area contributed by atoms with Gasteiger partial charge in [-0.05, 0) is 44.4 Å². The number of carbonyl (C=O) groups is 1. The highest BCUT2D eigenvalue weighted by atomic mass is 16.2. The molecule has 0 radical (unpaired) electrons. The monoisotopic (exact) mass is 247 g/mol. The van der Waals surface area contributed by atoms with E-state index in [9.17, 15) is 4.79 Å². The lowest BCUT2D eigenvalue weighted by Gasteiger charge is -2.17. The van der Waals surface area contributed by atoms with E-state index in [4.69, 9.17) is 5.73 Å². The Balaban J connectivity index is 1.89. The predicted octanol–water partition coefficient (Wildman–Crippen LogP) is 1.86. The number of rotatable bonds is 5. The molecular formula is C14H21N3O. The van der Waals surface area contributed by atoms with Gasteiger partial charge in [0, 0.05) is 6.54 Å². The summed E-state index contributed by atoms with van der Waals surface area (Å²) < 4.78 is 0. The van der Waals surface area contributed by atoms with E-state index in [0.717, 1.165) is 23.7 Å². The average Bonchev–Trinajstić information content (AvgIpc) is 3.07. The fourth-order valence-electron chi connectivity index (χ4n) is 2.09. The summed E-state index contributed by atoms with van der Waals surface area (Å²) in [5, 5.41) is 2.90. The van der Waals surface area contributed by atoms with Crippen molar-refractivity contribution in [2.24, 2.45) is 5.92 Å². The Bertz CT molecular complexity index is 420. The van der Waals surface area contributed by atoms with Gasteiger partial charge in [-0.25, -0.2) is 0 Å². The summed E-state index contributed by atoms with van der Waals surface area (Å²) in [6.07, 6.45) is 2.60. The fraction of sp³-hybridized carbons (Fsp3) is 0.500. The van der Waals surface area contributed by atoms with Crippen LogP contribution in [0, 0.1) is 12.8 Å². The molecule has 1 fully saturated rings.